The first-order chi connectivity index (χ1) is 54.8. The maximum atomic E-state index is 19.0. The third-order valence-electron chi connectivity index (χ3n) is 36.4. The van der Waals surface area contributed by atoms with Crippen LogP contribution >= 0.6 is 0 Å². The summed E-state index contributed by atoms with van der Waals surface area (Å²) in [5.74, 6) is -1.21. The molecule has 0 saturated heterocycles. The highest BCUT2D eigenvalue weighted by molar-refractivity contribution is 6.76. The molecular formula is C105H30O6. The van der Waals surface area contributed by atoms with Crippen LogP contribution in [-0.4, -0.2) is 34.7 Å². The summed E-state index contributed by atoms with van der Waals surface area (Å²) < 4.78 is 0. The maximum absolute atomic E-state index is 19.0. The van der Waals surface area contributed by atoms with Gasteiger partial charge < -0.3 is 0 Å². The summed E-state index contributed by atoms with van der Waals surface area (Å²) >= 11 is 0. The molecule has 0 aromatic heterocycles. The van der Waals surface area contributed by atoms with Crippen molar-refractivity contribution in [3.63, 3.8) is 0 Å². The molecule has 26 aromatic rings. The lowest BCUT2D eigenvalue weighted by Gasteiger charge is -2.35. The van der Waals surface area contributed by atoms with E-state index in [0.717, 1.165) is 132 Å². The molecule has 6 nitrogen and oxygen atoms in total. The summed E-state index contributed by atoms with van der Waals surface area (Å²) in [4.78, 5) is 114. The molecule has 3 saturated carbocycles. The van der Waals surface area contributed by atoms with Crippen molar-refractivity contribution < 1.29 is 28.8 Å². The number of Topliss-reactive ketones (excluding diaryl/α,β-unsaturated/α-hetero) is 6. The van der Waals surface area contributed by atoms with Crippen molar-refractivity contribution in [2.45, 2.75) is 32.5 Å². The summed E-state index contributed by atoms with van der Waals surface area (Å²) in [6, 6.07) is 59.1. The monoisotopic (exact) mass is 1390 g/mol. The molecule has 15 aliphatic carbocycles. The van der Waals surface area contributed by atoms with E-state index in [2.05, 4.69) is 0 Å². The standard InChI is InChI=1S/C105H30O6/c106-91(31-19-7-1-8-20-31)103(92(107)32-21-9-2-10-22-32)97-79-61-52-43-37-40-38-42-39-41(37)47-54-45(39)51-57-48(42)53-44(38)49-55(46(40)52)64(79)70-59(49)68-62(53)80-66(57)72-60(51)69-63(54)81-65-56(47)50(43)58-67(61)82(97)73-76-88-77-74(85(70)100(88,97)103)83(68)98(80)102(104(98,93(108)33-23-11-3-12-24-33)94(109)34-25-13-4-14-26-34)87(72)75-78(90(77)102)89(76)101(86(73)71(58)65)99(81,84(69)75)105(101,95(110)35-27-15-5-16-28-35)96(111)36-29-17-6-18-30-36/h1-30H. The molecule has 0 bridgehead atoms. The van der Waals surface area contributed by atoms with Gasteiger partial charge in [0.25, 0.3) is 0 Å². The number of hydrogen-bond donors (Lipinski definition) is 0. The third kappa shape index (κ3) is 2.92. The van der Waals surface area contributed by atoms with Gasteiger partial charge in [-0.3, -0.25) is 28.8 Å². The van der Waals surface area contributed by atoms with Gasteiger partial charge in [-0.05, 0) is 294 Å². The van der Waals surface area contributed by atoms with Crippen LogP contribution in [-0.2, 0) is 32.5 Å². The van der Waals surface area contributed by atoms with E-state index in [0.29, 0.717) is 33.4 Å². The second-order valence-corrected chi connectivity index (χ2v) is 37.2. The van der Waals surface area contributed by atoms with E-state index >= 15 is 28.8 Å². The summed E-state index contributed by atoms with van der Waals surface area (Å²) in [6.45, 7) is 0. The van der Waals surface area contributed by atoms with E-state index in [9.17, 15) is 0 Å². The van der Waals surface area contributed by atoms with Crippen molar-refractivity contribution >= 4 is 229 Å². The summed E-state index contributed by atoms with van der Waals surface area (Å²) in [5, 5.41) is 44.6. The number of rotatable bonds is 12. The molecule has 3 fully saturated rings. The molecular weight excluding hydrogens is 1360 g/mol. The summed E-state index contributed by atoms with van der Waals surface area (Å²) in [6.07, 6.45) is 0. The van der Waals surface area contributed by atoms with Crippen molar-refractivity contribution in [1.82, 2.24) is 0 Å². The minimum Gasteiger partial charge on any atom is -0.293 e. The fraction of sp³-hybridized carbons (Fsp3) is 0.0857. The molecule has 486 valence electrons. The van der Waals surface area contributed by atoms with Crippen LogP contribution in [0, 0.1) is 16.2 Å². The van der Waals surface area contributed by atoms with Gasteiger partial charge in [-0.2, -0.15) is 0 Å². The predicted molar refractivity (Wildman–Crippen MR) is 429 cm³/mol. The van der Waals surface area contributed by atoms with E-state index in [-0.39, 0.29) is 34.7 Å². The van der Waals surface area contributed by atoms with Gasteiger partial charge in [-0.15, -0.1) is 0 Å². The fourth-order valence-electron chi connectivity index (χ4n) is 35.9. The first-order valence-electron chi connectivity index (χ1n) is 39.7. The molecule has 0 N–H and O–H groups in total. The van der Waals surface area contributed by atoms with E-state index in [4.69, 9.17) is 0 Å². The number of carbonyl (C=O) groups is 6. The molecule has 0 aliphatic heterocycles. The Balaban J connectivity index is 0.905. The Morgan fingerprint density at radius 2 is 0.252 bits per heavy atom. The number of ketones is 6. The average Bonchev–Trinajstić information content (AvgIpc) is 1.33. The van der Waals surface area contributed by atoms with Crippen LogP contribution in [0.5, 0.6) is 0 Å². The van der Waals surface area contributed by atoms with Crippen LogP contribution in [0.15, 0.2) is 182 Å². The minimum absolute atomic E-state index is 0.201. The molecule has 6 unspecified atom stereocenters. The van der Waals surface area contributed by atoms with Crippen LogP contribution in [0.1, 0.15) is 129 Å². The van der Waals surface area contributed by atoms with Gasteiger partial charge in [0.05, 0.1) is 32.5 Å². The van der Waals surface area contributed by atoms with Crippen LogP contribution in [0.2, 0.25) is 0 Å². The molecule has 111 heavy (non-hydrogen) atoms. The lowest BCUT2D eigenvalue weighted by Crippen LogP contribution is -2.37. The first-order valence-corrected chi connectivity index (χ1v) is 39.7. The van der Waals surface area contributed by atoms with Gasteiger partial charge >= 0.3 is 0 Å². The SMILES string of the molecule is O=C(c1ccccc1)C1(C(=O)c2ccccc2)C23c4c5c6c7c8c4-c4c2c2c9c%10c%11c%12c(c-5c5c%13c%14c%15c%16c%17c(c-7c7c%18c%19c%20c%21c(c4C%204C(C(=O)c%20ccccc%20)(C(=O)c%20ccccc%20)C874)c2c2c9c4c%11c7c(c%13%12)c%14c8c%16c9c(c%18%17)c%19c%11c%21c2c2c4c7c8c9c%112)C%152C(C(=O)c4ccccc4)(C(=O)c4ccccc4)C652)C%1013. The van der Waals surface area contributed by atoms with Gasteiger partial charge in [0.1, 0.15) is 16.2 Å². The van der Waals surface area contributed by atoms with Gasteiger partial charge in [0.2, 0.25) is 0 Å². The van der Waals surface area contributed by atoms with Crippen LogP contribution < -0.4 is 0 Å². The van der Waals surface area contributed by atoms with Gasteiger partial charge in [-0.1, -0.05) is 182 Å². The Kier molecular flexibility index (Phi) is 5.32. The topological polar surface area (TPSA) is 102 Å². The van der Waals surface area contributed by atoms with E-state index in [1.54, 1.807) is 0 Å². The molecule has 15 aliphatic rings. The van der Waals surface area contributed by atoms with Crippen molar-refractivity contribution in [2.75, 3.05) is 0 Å². The highest BCUT2D eigenvalue weighted by atomic mass is 16.2. The number of benzene rings is 20. The molecule has 0 amide bonds. The van der Waals surface area contributed by atoms with Gasteiger partial charge in [0.15, 0.2) is 34.7 Å². The lowest BCUT2D eigenvalue weighted by atomic mass is 9.65. The van der Waals surface area contributed by atoms with Crippen LogP contribution in [0.25, 0.3) is 227 Å². The average molecular weight is 1390 g/mol. The Morgan fingerprint density at radius 3 is 0.414 bits per heavy atom. The van der Waals surface area contributed by atoms with Crippen LogP contribution in [0.4, 0.5) is 0 Å². The Bertz CT molecular complexity index is 8780. The molecule has 26 aromatic carbocycles. The van der Waals surface area contributed by atoms with Crippen molar-refractivity contribution in [1.29, 1.82) is 0 Å². The largest absolute Gasteiger partial charge is 0.293 e. The summed E-state index contributed by atoms with van der Waals surface area (Å²) in [5.41, 5.74) is 6.80. The molecule has 6 heteroatoms. The smallest absolute Gasteiger partial charge is 0.179 e. The van der Waals surface area contributed by atoms with Crippen molar-refractivity contribution in [3.05, 3.63) is 282 Å². The molecule has 0 radical (unpaired) electrons. The molecule has 6 atom stereocenters. The van der Waals surface area contributed by atoms with Crippen molar-refractivity contribution in [3.8, 4) is 33.4 Å². The zero-order chi connectivity index (χ0) is 69.8. The van der Waals surface area contributed by atoms with Gasteiger partial charge in [0, 0.05) is 33.4 Å². The second-order valence-electron chi connectivity index (χ2n) is 37.2. The van der Waals surface area contributed by atoms with E-state index < -0.39 is 48.7 Å². The molecule has 6 spiro atoms. The zero-order valence-electron chi connectivity index (χ0n) is 57.3. The minimum atomic E-state index is -1.92. The lowest BCUT2D eigenvalue weighted by molar-refractivity contribution is 0.0739. The normalized spacial score (nSPS) is 25.9. The first kappa shape index (κ1) is 48.6. The summed E-state index contributed by atoms with van der Waals surface area (Å²) in [7, 11) is 0. The highest BCUT2D eigenvalue weighted by Crippen LogP contribution is 3.08. The Hall–Kier alpha value is -13.7. The zero-order valence-corrected chi connectivity index (χ0v) is 57.3. The molecule has 0 heterocycles. The Labute approximate surface area is 617 Å². The maximum Gasteiger partial charge on any atom is 0.179 e. The second kappa shape index (κ2) is 12.2. The quantitative estimate of drug-likeness (QED) is 0.0686. The fourth-order valence-corrected chi connectivity index (χ4v) is 35.9. The van der Waals surface area contributed by atoms with E-state index in [1.165, 1.54) is 162 Å². The van der Waals surface area contributed by atoms with E-state index in [1.807, 2.05) is 182 Å². The van der Waals surface area contributed by atoms with Gasteiger partial charge in [-0.25, -0.2) is 0 Å². The number of hydrogen-bond acceptors (Lipinski definition) is 6. The predicted octanol–water partition coefficient (Wildman–Crippen LogP) is 21.6. The highest BCUT2D eigenvalue weighted by Gasteiger charge is 3.08. The third-order valence-corrected chi connectivity index (χ3v) is 36.4. The Morgan fingerprint density at radius 1 is 0.135 bits per heavy atom. The molecule has 41 rings (SSSR count). The van der Waals surface area contributed by atoms with Crippen LogP contribution in [0.3, 0.4) is 0 Å². The number of carbonyl (C=O) groups excluding carboxylic acids is 6. The van der Waals surface area contributed by atoms with Crippen molar-refractivity contribution in [2.24, 2.45) is 16.2 Å².